The van der Waals surface area contributed by atoms with Crippen LogP contribution >= 0.6 is 11.3 Å². The summed E-state index contributed by atoms with van der Waals surface area (Å²) in [5, 5.41) is 11.8. The first kappa shape index (κ1) is 15.4. The predicted molar refractivity (Wildman–Crippen MR) is 87.8 cm³/mol. The Morgan fingerprint density at radius 1 is 1.33 bits per heavy atom. The minimum atomic E-state index is -0.799. The number of carbonyl (C=O) groups excluding carboxylic acids is 1. The van der Waals surface area contributed by atoms with Crippen LogP contribution < -0.4 is 0 Å². The minimum Gasteiger partial charge on any atom is -0.481 e. The summed E-state index contributed by atoms with van der Waals surface area (Å²) in [4.78, 5) is 30.2. The standard InChI is InChI=1S/C17H18N2O4S/c1-9-2-5-14(23-9)15-18-13(8-24-15)16(20)19-6-11(10-3-4-10)12(7-19)17(21)22/h2,5,8,10-12H,3-4,6-7H2,1H3,(H,21,22)/t11-,12+/m1/s1. The number of aromatic nitrogens is 1. The van der Waals surface area contributed by atoms with Gasteiger partial charge in [0.1, 0.15) is 11.5 Å². The van der Waals surface area contributed by atoms with Crippen molar-refractivity contribution in [2.45, 2.75) is 19.8 Å². The summed E-state index contributed by atoms with van der Waals surface area (Å²) in [5.41, 5.74) is 0.365. The Hall–Kier alpha value is -2.15. The van der Waals surface area contributed by atoms with Gasteiger partial charge in [0, 0.05) is 18.5 Å². The molecule has 0 unspecified atom stereocenters. The quantitative estimate of drug-likeness (QED) is 0.920. The number of hydrogen-bond acceptors (Lipinski definition) is 5. The molecule has 1 amide bonds. The van der Waals surface area contributed by atoms with Crippen LogP contribution in [0.5, 0.6) is 0 Å². The van der Waals surface area contributed by atoms with Gasteiger partial charge < -0.3 is 14.4 Å². The first-order chi connectivity index (χ1) is 11.5. The molecule has 1 saturated carbocycles. The molecule has 1 aliphatic carbocycles. The van der Waals surface area contributed by atoms with Crippen LogP contribution in [0.25, 0.3) is 10.8 Å². The molecule has 24 heavy (non-hydrogen) atoms. The van der Waals surface area contributed by atoms with Gasteiger partial charge in [-0.05, 0) is 43.7 Å². The number of aryl methyl sites for hydroxylation is 1. The fraction of sp³-hybridized carbons (Fsp3) is 0.471. The average Bonchev–Trinajstić information content (AvgIpc) is 2.99. The van der Waals surface area contributed by atoms with E-state index in [0.717, 1.165) is 18.6 Å². The van der Waals surface area contributed by atoms with Crippen molar-refractivity contribution in [1.29, 1.82) is 0 Å². The van der Waals surface area contributed by atoms with Crippen LogP contribution in [0.2, 0.25) is 0 Å². The van der Waals surface area contributed by atoms with E-state index >= 15 is 0 Å². The highest BCUT2D eigenvalue weighted by Gasteiger charge is 2.47. The second-order valence-electron chi connectivity index (χ2n) is 6.60. The third-order valence-corrected chi connectivity index (χ3v) is 5.73. The number of carboxylic acids is 1. The zero-order valence-corrected chi connectivity index (χ0v) is 14.1. The molecule has 4 rings (SSSR count). The smallest absolute Gasteiger partial charge is 0.308 e. The van der Waals surface area contributed by atoms with E-state index in [-0.39, 0.29) is 18.4 Å². The molecule has 2 aromatic rings. The van der Waals surface area contributed by atoms with Crippen LogP contribution in [0.1, 0.15) is 29.1 Å². The van der Waals surface area contributed by atoms with Crippen molar-refractivity contribution in [2.75, 3.05) is 13.1 Å². The molecule has 2 fully saturated rings. The maximum absolute atomic E-state index is 12.7. The second-order valence-corrected chi connectivity index (χ2v) is 7.46. The van der Waals surface area contributed by atoms with Crippen LogP contribution in [0.4, 0.5) is 0 Å². The molecule has 126 valence electrons. The van der Waals surface area contributed by atoms with E-state index in [2.05, 4.69) is 4.98 Å². The molecule has 1 saturated heterocycles. The number of aliphatic carboxylic acids is 1. The summed E-state index contributed by atoms with van der Waals surface area (Å²) in [6.45, 7) is 2.66. The molecule has 2 atom stereocenters. The monoisotopic (exact) mass is 346 g/mol. The van der Waals surface area contributed by atoms with Gasteiger partial charge in [0.05, 0.1) is 5.92 Å². The summed E-state index contributed by atoms with van der Waals surface area (Å²) >= 11 is 1.36. The summed E-state index contributed by atoms with van der Waals surface area (Å²) in [6, 6.07) is 3.69. The van der Waals surface area contributed by atoms with E-state index in [1.165, 1.54) is 11.3 Å². The lowest BCUT2D eigenvalue weighted by molar-refractivity contribution is -0.142. The van der Waals surface area contributed by atoms with E-state index in [1.54, 1.807) is 10.3 Å². The van der Waals surface area contributed by atoms with E-state index in [0.29, 0.717) is 28.9 Å². The van der Waals surface area contributed by atoms with E-state index in [9.17, 15) is 14.7 Å². The van der Waals surface area contributed by atoms with Crippen molar-refractivity contribution >= 4 is 23.2 Å². The van der Waals surface area contributed by atoms with Gasteiger partial charge in [0.2, 0.25) is 0 Å². The van der Waals surface area contributed by atoms with Gasteiger partial charge in [0.15, 0.2) is 10.8 Å². The molecule has 0 aromatic carbocycles. The Kier molecular flexibility index (Phi) is 3.68. The molecule has 0 radical (unpaired) electrons. The number of thiazole rings is 1. The number of likely N-dealkylation sites (tertiary alicyclic amines) is 1. The van der Waals surface area contributed by atoms with Crippen molar-refractivity contribution in [3.8, 4) is 10.8 Å². The molecule has 0 spiro atoms. The summed E-state index contributed by atoms with van der Waals surface area (Å²) in [7, 11) is 0. The zero-order valence-electron chi connectivity index (χ0n) is 13.3. The van der Waals surface area contributed by atoms with Crippen molar-refractivity contribution < 1.29 is 19.1 Å². The largest absolute Gasteiger partial charge is 0.481 e. The van der Waals surface area contributed by atoms with E-state index < -0.39 is 11.9 Å². The van der Waals surface area contributed by atoms with Gasteiger partial charge in [-0.3, -0.25) is 9.59 Å². The fourth-order valence-electron chi connectivity index (χ4n) is 3.45. The summed E-state index contributed by atoms with van der Waals surface area (Å²) in [5.74, 6) is 0.550. The number of hydrogen-bond donors (Lipinski definition) is 1. The Morgan fingerprint density at radius 3 is 2.75 bits per heavy atom. The average molecular weight is 346 g/mol. The van der Waals surface area contributed by atoms with Crippen molar-refractivity contribution in [3.63, 3.8) is 0 Å². The molecule has 7 heteroatoms. The molecule has 3 heterocycles. The van der Waals surface area contributed by atoms with Gasteiger partial charge in [-0.25, -0.2) is 4.98 Å². The number of carbonyl (C=O) groups is 2. The Balaban J connectivity index is 1.52. The van der Waals surface area contributed by atoms with Crippen molar-refractivity contribution in [1.82, 2.24) is 9.88 Å². The fourth-order valence-corrected chi connectivity index (χ4v) is 4.21. The molecule has 2 aliphatic rings. The normalized spacial score (nSPS) is 23.6. The van der Waals surface area contributed by atoms with Crippen molar-refractivity contribution in [3.05, 3.63) is 29.0 Å². The number of rotatable bonds is 4. The lowest BCUT2D eigenvalue weighted by Crippen LogP contribution is -2.30. The molecular weight excluding hydrogens is 328 g/mol. The summed E-state index contributed by atoms with van der Waals surface area (Å²) < 4.78 is 5.54. The first-order valence-corrected chi connectivity index (χ1v) is 8.95. The third kappa shape index (κ3) is 2.73. The van der Waals surface area contributed by atoms with Crippen molar-refractivity contribution in [2.24, 2.45) is 17.8 Å². The lowest BCUT2D eigenvalue weighted by Gasteiger charge is -2.14. The van der Waals surface area contributed by atoms with Gasteiger partial charge in [-0.2, -0.15) is 0 Å². The topological polar surface area (TPSA) is 83.6 Å². The van der Waals surface area contributed by atoms with Gasteiger partial charge >= 0.3 is 5.97 Å². The van der Waals surface area contributed by atoms with Gasteiger partial charge in [0.25, 0.3) is 5.91 Å². The SMILES string of the molecule is Cc1ccc(-c2nc(C(=O)N3C[C@H](C(=O)O)[C@@H](C4CC4)C3)cs2)o1. The number of furan rings is 1. The van der Waals surface area contributed by atoms with Crippen LogP contribution in [-0.2, 0) is 4.79 Å². The molecule has 1 N–H and O–H groups in total. The van der Waals surface area contributed by atoms with Crippen LogP contribution in [-0.4, -0.2) is 40.0 Å². The Labute approximate surface area is 143 Å². The van der Waals surface area contributed by atoms with Crippen LogP contribution in [0.15, 0.2) is 21.9 Å². The Morgan fingerprint density at radius 2 is 2.12 bits per heavy atom. The second kappa shape index (κ2) is 5.73. The highest BCUT2D eigenvalue weighted by molar-refractivity contribution is 7.13. The summed E-state index contributed by atoms with van der Waals surface area (Å²) in [6.07, 6.45) is 2.16. The number of amides is 1. The molecule has 6 nitrogen and oxygen atoms in total. The predicted octanol–water partition coefficient (Wildman–Crippen LogP) is 2.89. The molecular formula is C17H18N2O4S. The zero-order chi connectivity index (χ0) is 16.8. The molecule has 2 aromatic heterocycles. The maximum Gasteiger partial charge on any atom is 0.308 e. The number of nitrogens with zero attached hydrogens (tertiary/aromatic N) is 2. The Bertz CT molecular complexity index is 792. The highest BCUT2D eigenvalue weighted by atomic mass is 32.1. The van der Waals surface area contributed by atoms with Gasteiger partial charge in [-0.15, -0.1) is 11.3 Å². The first-order valence-electron chi connectivity index (χ1n) is 8.07. The highest BCUT2D eigenvalue weighted by Crippen LogP contribution is 2.44. The lowest BCUT2D eigenvalue weighted by atomic mass is 9.92. The van der Waals surface area contributed by atoms with Crippen LogP contribution in [0, 0.1) is 24.7 Å². The van der Waals surface area contributed by atoms with Gasteiger partial charge in [-0.1, -0.05) is 0 Å². The van der Waals surface area contributed by atoms with Crippen LogP contribution in [0.3, 0.4) is 0 Å². The number of carboxylic acid groups (broad SMARTS) is 1. The maximum atomic E-state index is 12.7. The molecule has 1 aliphatic heterocycles. The minimum absolute atomic E-state index is 0.0808. The van der Waals surface area contributed by atoms with E-state index in [1.807, 2.05) is 19.1 Å². The van der Waals surface area contributed by atoms with E-state index in [4.69, 9.17) is 4.42 Å². The molecule has 0 bridgehead atoms. The third-order valence-electron chi connectivity index (χ3n) is 4.87.